The Balaban J connectivity index is 2.60. The van der Waals surface area contributed by atoms with Crippen molar-refractivity contribution in [2.75, 3.05) is 26.7 Å². The molecule has 0 spiro atoms. The maximum atomic E-state index is 5.39. The highest BCUT2D eigenvalue weighted by Crippen LogP contribution is 2.18. The van der Waals surface area contributed by atoms with Gasteiger partial charge in [0.1, 0.15) is 5.75 Å². The zero-order valence-corrected chi connectivity index (χ0v) is 12.1. The quantitative estimate of drug-likeness (QED) is 0.794. The smallest absolute Gasteiger partial charge is 0.122 e. The third kappa shape index (κ3) is 5.34. The Bertz CT molecular complexity index is 432. The zero-order valence-electron chi connectivity index (χ0n) is 12.1. The van der Waals surface area contributed by atoms with Crippen molar-refractivity contribution in [3.05, 3.63) is 29.8 Å². The maximum absolute atomic E-state index is 5.39. The van der Waals surface area contributed by atoms with Gasteiger partial charge in [-0.1, -0.05) is 30.0 Å². The van der Waals surface area contributed by atoms with E-state index < -0.39 is 0 Å². The molecule has 0 bridgehead atoms. The minimum atomic E-state index is 0.429. The first kappa shape index (κ1) is 15.6. The van der Waals surface area contributed by atoms with Crippen LogP contribution >= 0.6 is 0 Å². The van der Waals surface area contributed by atoms with Crippen LogP contribution in [0.2, 0.25) is 0 Å². The van der Waals surface area contributed by atoms with Gasteiger partial charge in [-0.25, -0.2) is 0 Å². The standard InChI is InChI=1S/C16H24N2O/c1-14(2)18(12-7-6-11-17)13-10-15-8-4-5-9-16(15)19-3/h4-5,8-9,14H,10-13,17H2,1-3H3. The van der Waals surface area contributed by atoms with Gasteiger partial charge >= 0.3 is 0 Å². The van der Waals surface area contributed by atoms with Crippen LogP contribution in [0.15, 0.2) is 24.3 Å². The summed E-state index contributed by atoms with van der Waals surface area (Å²) in [4.78, 5) is 2.34. The molecule has 3 heteroatoms. The lowest BCUT2D eigenvalue weighted by molar-refractivity contribution is 0.252. The van der Waals surface area contributed by atoms with E-state index in [1.54, 1.807) is 7.11 Å². The first-order valence-corrected chi connectivity index (χ1v) is 6.70. The first-order valence-electron chi connectivity index (χ1n) is 6.70. The van der Waals surface area contributed by atoms with Crippen molar-refractivity contribution in [2.24, 2.45) is 5.73 Å². The molecule has 1 rings (SSSR count). The molecule has 0 saturated carbocycles. The molecule has 0 unspecified atom stereocenters. The second-order valence-electron chi connectivity index (χ2n) is 4.68. The van der Waals surface area contributed by atoms with Crippen LogP contribution in [0.25, 0.3) is 0 Å². The molecule has 0 fully saturated rings. The van der Waals surface area contributed by atoms with Gasteiger partial charge < -0.3 is 10.5 Å². The van der Waals surface area contributed by atoms with Gasteiger partial charge in [0, 0.05) is 12.6 Å². The number of para-hydroxylation sites is 1. The normalized spacial score (nSPS) is 10.4. The zero-order chi connectivity index (χ0) is 14.1. The summed E-state index contributed by atoms with van der Waals surface area (Å²) in [5.41, 5.74) is 6.62. The van der Waals surface area contributed by atoms with E-state index in [9.17, 15) is 0 Å². The Kier molecular flexibility index (Phi) is 7.02. The molecule has 1 aromatic carbocycles. The van der Waals surface area contributed by atoms with E-state index in [4.69, 9.17) is 10.5 Å². The van der Waals surface area contributed by atoms with Crippen molar-refractivity contribution in [1.29, 1.82) is 0 Å². The number of methoxy groups -OCH3 is 1. The largest absolute Gasteiger partial charge is 0.496 e. The number of hydrogen-bond donors (Lipinski definition) is 1. The highest BCUT2D eigenvalue weighted by atomic mass is 16.5. The van der Waals surface area contributed by atoms with Gasteiger partial charge in [-0.2, -0.15) is 0 Å². The third-order valence-electron chi connectivity index (χ3n) is 3.10. The summed E-state index contributed by atoms with van der Waals surface area (Å²) in [5.74, 6) is 6.97. The van der Waals surface area contributed by atoms with Gasteiger partial charge in [0.15, 0.2) is 0 Å². The second kappa shape index (κ2) is 8.58. The van der Waals surface area contributed by atoms with Crippen molar-refractivity contribution in [3.63, 3.8) is 0 Å². The fourth-order valence-electron chi connectivity index (χ4n) is 1.92. The van der Waals surface area contributed by atoms with E-state index >= 15 is 0 Å². The number of rotatable bonds is 6. The van der Waals surface area contributed by atoms with Crippen molar-refractivity contribution in [1.82, 2.24) is 4.90 Å². The summed E-state index contributed by atoms with van der Waals surface area (Å²) in [6.45, 7) is 6.54. The van der Waals surface area contributed by atoms with Crippen LogP contribution in [0.5, 0.6) is 5.75 Å². The Morgan fingerprint density at radius 3 is 2.63 bits per heavy atom. The van der Waals surface area contributed by atoms with Gasteiger partial charge in [-0.05, 0) is 31.9 Å². The second-order valence-corrected chi connectivity index (χ2v) is 4.68. The van der Waals surface area contributed by atoms with Gasteiger partial charge in [-0.3, -0.25) is 4.90 Å². The lowest BCUT2D eigenvalue weighted by atomic mass is 10.1. The Morgan fingerprint density at radius 2 is 2.00 bits per heavy atom. The molecule has 0 radical (unpaired) electrons. The molecule has 0 heterocycles. The van der Waals surface area contributed by atoms with Crippen LogP contribution in [0.1, 0.15) is 19.4 Å². The molecule has 0 aliphatic rings. The lowest BCUT2D eigenvalue weighted by Crippen LogP contribution is -2.33. The Labute approximate surface area is 116 Å². The summed E-state index contributed by atoms with van der Waals surface area (Å²) in [5, 5.41) is 0. The van der Waals surface area contributed by atoms with Crippen LogP contribution in [-0.2, 0) is 6.42 Å². The summed E-state index contributed by atoms with van der Waals surface area (Å²) >= 11 is 0. The number of ether oxygens (including phenoxy) is 1. The van der Waals surface area contributed by atoms with Crippen LogP contribution in [0, 0.1) is 11.8 Å². The minimum Gasteiger partial charge on any atom is -0.496 e. The highest BCUT2D eigenvalue weighted by molar-refractivity contribution is 5.33. The number of benzene rings is 1. The van der Waals surface area contributed by atoms with Gasteiger partial charge in [0.2, 0.25) is 0 Å². The lowest BCUT2D eigenvalue weighted by Gasteiger charge is -2.24. The summed E-state index contributed by atoms with van der Waals surface area (Å²) in [6, 6.07) is 8.63. The Hall–Kier alpha value is -1.50. The predicted octanol–water partition coefficient (Wildman–Crippen LogP) is 1.91. The van der Waals surface area contributed by atoms with Gasteiger partial charge in [0.25, 0.3) is 0 Å². The first-order chi connectivity index (χ1) is 9.19. The minimum absolute atomic E-state index is 0.429. The molecule has 0 aliphatic carbocycles. The molecule has 2 N–H and O–H groups in total. The molecule has 0 amide bonds. The van der Waals surface area contributed by atoms with E-state index in [1.807, 2.05) is 18.2 Å². The maximum Gasteiger partial charge on any atom is 0.122 e. The van der Waals surface area contributed by atoms with Gasteiger partial charge in [0.05, 0.1) is 20.2 Å². The van der Waals surface area contributed by atoms with E-state index in [2.05, 4.69) is 36.7 Å². The molecule has 0 aliphatic heterocycles. The number of nitrogens with two attached hydrogens (primary N) is 1. The van der Waals surface area contributed by atoms with E-state index in [-0.39, 0.29) is 0 Å². The van der Waals surface area contributed by atoms with Crippen molar-refractivity contribution in [2.45, 2.75) is 26.3 Å². The van der Waals surface area contributed by atoms with Crippen LogP contribution < -0.4 is 10.5 Å². The number of nitrogens with zero attached hydrogens (tertiary/aromatic N) is 1. The fourth-order valence-corrected chi connectivity index (χ4v) is 1.92. The number of hydrogen-bond acceptors (Lipinski definition) is 3. The molecule has 0 atom stereocenters. The topological polar surface area (TPSA) is 38.5 Å². The van der Waals surface area contributed by atoms with Crippen molar-refractivity contribution in [3.8, 4) is 17.6 Å². The molecule has 104 valence electrons. The van der Waals surface area contributed by atoms with Crippen LogP contribution in [-0.4, -0.2) is 37.7 Å². The van der Waals surface area contributed by atoms with E-state index in [1.165, 1.54) is 5.56 Å². The average molecular weight is 260 g/mol. The molecule has 3 nitrogen and oxygen atoms in total. The summed E-state index contributed by atoms with van der Waals surface area (Å²) < 4.78 is 5.37. The predicted molar refractivity (Wildman–Crippen MR) is 80.2 cm³/mol. The summed E-state index contributed by atoms with van der Waals surface area (Å²) in [6.07, 6.45) is 0.965. The summed E-state index contributed by atoms with van der Waals surface area (Å²) in [7, 11) is 1.71. The molecule has 1 aromatic rings. The average Bonchev–Trinajstić information content (AvgIpc) is 2.42. The van der Waals surface area contributed by atoms with Crippen molar-refractivity contribution < 1.29 is 4.74 Å². The molecule has 0 saturated heterocycles. The third-order valence-corrected chi connectivity index (χ3v) is 3.10. The van der Waals surface area contributed by atoms with Crippen LogP contribution in [0.4, 0.5) is 0 Å². The fraction of sp³-hybridized carbons (Fsp3) is 0.500. The van der Waals surface area contributed by atoms with Gasteiger partial charge in [-0.15, -0.1) is 0 Å². The van der Waals surface area contributed by atoms with E-state index in [0.717, 1.165) is 25.3 Å². The molecular weight excluding hydrogens is 236 g/mol. The Morgan fingerprint density at radius 1 is 1.26 bits per heavy atom. The van der Waals surface area contributed by atoms with Crippen molar-refractivity contribution >= 4 is 0 Å². The highest BCUT2D eigenvalue weighted by Gasteiger charge is 2.09. The SMILES string of the molecule is COc1ccccc1CCN(CC#CCN)C(C)C. The molecule has 0 aromatic heterocycles. The monoisotopic (exact) mass is 260 g/mol. The van der Waals surface area contributed by atoms with Crippen LogP contribution in [0.3, 0.4) is 0 Å². The molecule has 19 heavy (non-hydrogen) atoms. The molecular formula is C16H24N2O. The van der Waals surface area contributed by atoms with E-state index in [0.29, 0.717) is 12.6 Å².